The molecule has 0 radical (unpaired) electrons. The fourth-order valence-corrected chi connectivity index (χ4v) is 7.54. The van der Waals surface area contributed by atoms with Gasteiger partial charge < -0.3 is 0 Å². The molecule has 53 heavy (non-hydrogen) atoms. The van der Waals surface area contributed by atoms with Gasteiger partial charge in [-0.05, 0) is 99.1 Å². The molecular weight excluding hydrogens is 645 g/mol. The zero-order valence-electron chi connectivity index (χ0n) is 29.5. The van der Waals surface area contributed by atoms with Crippen LogP contribution >= 0.6 is 0 Å². The van der Waals surface area contributed by atoms with Gasteiger partial charge in [-0.2, -0.15) is 5.26 Å². The van der Waals surface area contributed by atoms with Gasteiger partial charge in [-0.25, -0.2) is 9.97 Å². The van der Waals surface area contributed by atoms with Crippen LogP contribution in [0.25, 0.3) is 78.5 Å². The van der Waals surface area contributed by atoms with Crippen molar-refractivity contribution in [2.75, 3.05) is 0 Å². The number of hydrogen-bond acceptors (Lipinski definition) is 4. The van der Waals surface area contributed by atoms with Crippen molar-refractivity contribution in [3.8, 4) is 84.6 Å². The lowest BCUT2D eigenvalue weighted by Crippen LogP contribution is -2.15. The van der Waals surface area contributed by atoms with Crippen LogP contribution in [-0.4, -0.2) is 15.0 Å². The summed E-state index contributed by atoms with van der Waals surface area (Å²) in [5.41, 5.74) is 16.3. The minimum atomic E-state index is -0.257. The quantitative estimate of drug-likeness (QED) is 0.176. The van der Waals surface area contributed by atoms with E-state index >= 15 is 0 Å². The Labute approximate surface area is 309 Å². The van der Waals surface area contributed by atoms with E-state index in [9.17, 15) is 5.26 Å². The van der Waals surface area contributed by atoms with Crippen LogP contribution in [0.15, 0.2) is 170 Å². The summed E-state index contributed by atoms with van der Waals surface area (Å²) in [5, 5.41) is 9.64. The summed E-state index contributed by atoms with van der Waals surface area (Å²) in [6.07, 6.45) is 1.83. The molecule has 4 nitrogen and oxygen atoms in total. The maximum Gasteiger partial charge on any atom is 0.160 e. The van der Waals surface area contributed by atoms with E-state index in [1.165, 1.54) is 27.8 Å². The van der Waals surface area contributed by atoms with Crippen LogP contribution in [-0.2, 0) is 5.41 Å². The van der Waals surface area contributed by atoms with Crippen molar-refractivity contribution in [3.05, 3.63) is 187 Å². The number of hydrogen-bond donors (Lipinski definition) is 0. The maximum absolute atomic E-state index is 9.64. The Morgan fingerprint density at radius 1 is 0.434 bits per heavy atom. The van der Waals surface area contributed by atoms with Crippen molar-refractivity contribution >= 4 is 0 Å². The van der Waals surface area contributed by atoms with Gasteiger partial charge in [0.25, 0.3) is 0 Å². The summed E-state index contributed by atoms with van der Waals surface area (Å²) in [7, 11) is 0. The lowest BCUT2D eigenvalue weighted by Gasteiger charge is -2.22. The highest BCUT2D eigenvalue weighted by Crippen LogP contribution is 2.50. The zero-order valence-corrected chi connectivity index (χ0v) is 29.5. The van der Waals surface area contributed by atoms with Gasteiger partial charge in [-0.1, -0.05) is 123 Å². The van der Waals surface area contributed by atoms with Crippen LogP contribution in [0.4, 0.5) is 0 Å². The van der Waals surface area contributed by atoms with E-state index in [1.807, 2.05) is 60.8 Å². The number of pyridine rings is 1. The Kier molecular flexibility index (Phi) is 7.83. The number of benzene rings is 6. The van der Waals surface area contributed by atoms with E-state index < -0.39 is 0 Å². The summed E-state index contributed by atoms with van der Waals surface area (Å²) in [4.78, 5) is 15.2. The normalized spacial score (nSPS) is 12.5. The fourth-order valence-electron chi connectivity index (χ4n) is 7.54. The molecule has 2 aromatic heterocycles. The van der Waals surface area contributed by atoms with Crippen LogP contribution < -0.4 is 0 Å². The van der Waals surface area contributed by atoms with Crippen LogP contribution in [0.5, 0.6) is 0 Å². The molecule has 0 spiro atoms. The summed E-state index contributed by atoms with van der Waals surface area (Å²) in [6, 6.07) is 59.0. The first-order chi connectivity index (χ1) is 25.9. The van der Waals surface area contributed by atoms with E-state index in [-0.39, 0.29) is 5.41 Å². The summed E-state index contributed by atoms with van der Waals surface area (Å²) in [6.45, 7) is 4.49. The van der Waals surface area contributed by atoms with Crippen molar-refractivity contribution in [3.63, 3.8) is 0 Å². The number of nitriles is 1. The van der Waals surface area contributed by atoms with Gasteiger partial charge in [-0.3, -0.25) is 4.98 Å². The molecule has 0 unspecified atom stereocenters. The Morgan fingerprint density at radius 2 is 0.981 bits per heavy atom. The van der Waals surface area contributed by atoms with E-state index in [4.69, 9.17) is 15.0 Å². The Bertz CT molecular complexity index is 2670. The molecule has 2 heterocycles. The summed E-state index contributed by atoms with van der Waals surface area (Å²) >= 11 is 0. The molecule has 0 bridgehead atoms. The van der Waals surface area contributed by atoms with Gasteiger partial charge in [0.2, 0.25) is 0 Å². The molecule has 0 N–H and O–H groups in total. The molecular formula is C49H34N4. The number of rotatable bonds is 6. The van der Waals surface area contributed by atoms with E-state index in [2.05, 4.69) is 129 Å². The highest BCUT2D eigenvalue weighted by Gasteiger charge is 2.36. The van der Waals surface area contributed by atoms with Crippen LogP contribution in [0.2, 0.25) is 0 Å². The lowest BCUT2D eigenvalue weighted by molar-refractivity contribution is 0.660. The molecule has 4 heteroatoms. The first-order valence-electron chi connectivity index (χ1n) is 17.8. The minimum Gasteiger partial charge on any atom is -0.256 e. The average molecular weight is 679 g/mol. The molecule has 0 amide bonds. The van der Waals surface area contributed by atoms with Crippen molar-refractivity contribution in [2.24, 2.45) is 0 Å². The van der Waals surface area contributed by atoms with Crippen molar-refractivity contribution in [1.29, 1.82) is 5.26 Å². The van der Waals surface area contributed by atoms with Crippen LogP contribution in [0.3, 0.4) is 0 Å². The van der Waals surface area contributed by atoms with Gasteiger partial charge >= 0.3 is 0 Å². The van der Waals surface area contributed by atoms with Gasteiger partial charge in [0.15, 0.2) is 5.82 Å². The molecule has 6 aromatic carbocycles. The average Bonchev–Trinajstić information content (AvgIpc) is 3.46. The first-order valence-corrected chi connectivity index (χ1v) is 17.8. The van der Waals surface area contributed by atoms with Gasteiger partial charge in [-0.15, -0.1) is 0 Å². The molecule has 1 aliphatic rings. The molecule has 9 rings (SSSR count). The van der Waals surface area contributed by atoms with Gasteiger partial charge in [0.1, 0.15) is 0 Å². The summed E-state index contributed by atoms with van der Waals surface area (Å²) < 4.78 is 0. The standard InChI is InChI=1S/C49H34N4/c1-49(2)43-25-32(31-50)16-22-41(43)42-23-21-37(29-44(42)49)38-26-39(45-15-9-10-24-51-45)28-40(27-38)48-52-46(35-13-7-4-8-14-35)30-47(53-48)36-19-17-34(18-20-36)33-11-5-3-6-12-33/h3-30H,1-2H3. The summed E-state index contributed by atoms with van der Waals surface area (Å²) in [5.74, 6) is 0.644. The highest BCUT2D eigenvalue weighted by molar-refractivity contribution is 5.86. The second-order valence-corrected chi connectivity index (χ2v) is 14.0. The molecule has 0 saturated carbocycles. The molecule has 1 aliphatic carbocycles. The highest BCUT2D eigenvalue weighted by atomic mass is 14.9. The van der Waals surface area contributed by atoms with Crippen molar-refractivity contribution in [1.82, 2.24) is 15.0 Å². The second-order valence-electron chi connectivity index (χ2n) is 14.0. The third-order valence-electron chi connectivity index (χ3n) is 10.4. The Balaban J connectivity index is 1.20. The molecule has 0 fully saturated rings. The Hall–Kier alpha value is -6.96. The van der Waals surface area contributed by atoms with Crippen molar-refractivity contribution < 1.29 is 0 Å². The minimum absolute atomic E-state index is 0.257. The number of fused-ring (bicyclic) bond motifs is 3. The third-order valence-corrected chi connectivity index (χ3v) is 10.4. The molecule has 0 atom stereocenters. The molecule has 0 aliphatic heterocycles. The molecule has 250 valence electrons. The van der Waals surface area contributed by atoms with Gasteiger partial charge in [0.05, 0.1) is 28.7 Å². The lowest BCUT2D eigenvalue weighted by atomic mass is 9.81. The molecule has 0 saturated heterocycles. The zero-order chi connectivity index (χ0) is 35.9. The largest absolute Gasteiger partial charge is 0.256 e. The topological polar surface area (TPSA) is 62.5 Å². The van der Waals surface area contributed by atoms with E-state index in [1.54, 1.807) is 0 Å². The fraction of sp³-hybridized carbons (Fsp3) is 0.0612. The monoisotopic (exact) mass is 678 g/mol. The third kappa shape index (κ3) is 5.89. The van der Waals surface area contributed by atoms with Crippen LogP contribution in [0, 0.1) is 11.3 Å². The predicted octanol–water partition coefficient (Wildman–Crippen LogP) is 12.1. The van der Waals surface area contributed by atoms with E-state index in [0.717, 1.165) is 56.0 Å². The number of nitrogens with zero attached hydrogens (tertiary/aromatic N) is 4. The maximum atomic E-state index is 9.64. The molecule has 8 aromatic rings. The predicted molar refractivity (Wildman–Crippen MR) is 215 cm³/mol. The van der Waals surface area contributed by atoms with Gasteiger partial charge in [0, 0.05) is 33.9 Å². The van der Waals surface area contributed by atoms with Crippen molar-refractivity contribution in [2.45, 2.75) is 19.3 Å². The first kappa shape index (κ1) is 32.0. The second kappa shape index (κ2) is 13.0. The Morgan fingerprint density at radius 3 is 1.66 bits per heavy atom. The smallest absolute Gasteiger partial charge is 0.160 e. The SMILES string of the molecule is CC1(C)c2cc(C#N)ccc2-c2ccc(-c3cc(-c4ccccn4)cc(-c4nc(-c5ccccc5)cc(-c5ccc(-c6ccccc6)cc5)n4)c3)cc21. The van der Waals surface area contributed by atoms with E-state index in [0.29, 0.717) is 11.4 Å². The van der Waals surface area contributed by atoms with Crippen LogP contribution in [0.1, 0.15) is 30.5 Å². The number of aromatic nitrogens is 3.